The van der Waals surface area contributed by atoms with E-state index in [-0.39, 0.29) is 12.1 Å². The second kappa shape index (κ2) is 8.32. The summed E-state index contributed by atoms with van der Waals surface area (Å²) in [5.74, 6) is 3.17. The molecular weight excluding hydrogens is 296 g/mol. The van der Waals surface area contributed by atoms with Crippen LogP contribution in [0, 0.1) is 0 Å². The highest BCUT2D eigenvalue weighted by atomic mass is 32.2. The summed E-state index contributed by atoms with van der Waals surface area (Å²) in [5.41, 5.74) is 1.13. The highest BCUT2D eigenvalue weighted by Crippen LogP contribution is 2.21. The molecule has 1 aliphatic rings. The maximum absolute atomic E-state index is 12.4. The van der Waals surface area contributed by atoms with Gasteiger partial charge >= 0.3 is 6.03 Å². The number of benzene rings is 1. The Morgan fingerprint density at radius 2 is 2.09 bits per heavy atom. The summed E-state index contributed by atoms with van der Waals surface area (Å²) in [6.07, 6.45) is 2.94. The van der Waals surface area contributed by atoms with Crippen LogP contribution in [0.2, 0.25) is 0 Å². The summed E-state index contributed by atoms with van der Waals surface area (Å²) in [5, 5.41) is 3.16. The standard InChI is InChI=1S/C17H26N2O2S/c1-13(12-14-6-4-5-7-16(14)21-3)19(2)17(20)18-15-8-10-22-11-9-15/h4-7,13,15H,8-12H2,1-3H3,(H,18,20)/t13-/m0/s1. The summed E-state index contributed by atoms with van der Waals surface area (Å²) < 4.78 is 5.39. The van der Waals surface area contributed by atoms with Crippen LogP contribution in [0.4, 0.5) is 4.79 Å². The number of hydrogen-bond acceptors (Lipinski definition) is 3. The van der Waals surface area contributed by atoms with Crippen molar-refractivity contribution in [3.8, 4) is 5.75 Å². The molecule has 4 nitrogen and oxygen atoms in total. The third kappa shape index (κ3) is 4.57. The van der Waals surface area contributed by atoms with Gasteiger partial charge in [-0.15, -0.1) is 0 Å². The average Bonchev–Trinajstić information content (AvgIpc) is 2.55. The van der Waals surface area contributed by atoms with Gasteiger partial charge in [0, 0.05) is 19.1 Å². The second-order valence-corrected chi connectivity index (χ2v) is 7.04. The largest absolute Gasteiger partial charge is 0.496 e. The number of nitrogens with zero attached hydrogens (tertiary/aromatic N) is 1. The van der Waals surface area contributed by atoms with E-state index >= 15 is 0 Å². The molecule has 1 N–H and O–H groups in total. The molecule has 1 aromatic rings. The summed E-state index contributed by atoms with van der Waals surface area (Å²) in [4.78, 5) is 14.2. The molecule has 1 heterocycles. The van der Waals surface area contributed by atoms with Crippen molar-refractivity contribution in [3.63, 3.8) is 0 Å². The number of rotatable bonds is 5. The summed E-state index contributed by atoms with van der Waals surface area (Å²) >= 11 is 1.97. The lowest BCUT2D eigenvalue weighted by atomic mass is 10.1. The van der Waals surface area contributed by atoms with Gasteiger partial charge < -0.3 is 15.0 Å². The Hall–Kier alpha value is -1.36. The number of nitrogens with one attached hydrogen (secondary N) is 1. The highest BCUT2D eigenvalue weighted by molar-refractivity contribution is 7.99. The zero-order valence-electron chi connectivity index (χ0n) is 13.7. The van der Waals surface area contributed by atoms with E-state index in [4.69, 9.17) is 4.74 Å². The van der Waals surface area contributed by atoms with Crippen LogP contribution in [0.3, 0.4) is 0 Å². The first-order valence-electron chi connectivity index (χ1n) is 7.84. The van der Waals surface area contributed by atoms with Gasteiger partial charge in [-0.3, -0.25) is 0 Å². The van der Waals surface area contributed by atoms with Crippen LogP contribution in [0.5, 0.6) is 5.75 Å². The molecular formula is C17H26N2O2S. The molecule has 1 aliphatic heterocycles. The second-order valence-electron chi connectivity index (χ2n) is 5.81. The van der Waals surface area contributed by atoms with E-state index in [1.165, 1.54) is 0 Å². The Morgan fingerprint density at radius 1 is 1.41 bits per heavy atom. The first kappa shape index (κ1) is 17.0. The number of para-hydroxylation sites is 1. The number of carbonyl (C=O) groups excluding carboxylic acids is 1. The molecule has 0 unspecified atom stereocenters. The minimum Gasteiger partial charge on any atom is -0.496 e. The van der Waals surface area contributed by atoms with Gasteiger partial charge in [0.25, 0.3) is 0 Å². The Kier molecular flexibility index (Phi) is 6.43. The number of urea groups is 1. The molecule has 1 saturated heterocycles. The van der Waals surface area contributed by atoms with Crippen molar-refractivity contribution in [1.29, 1.82) is 0 Å². The van der Waals surface area contributed by atoms with Crippen LogP contribution in [-0.4, -0.2) is 48.7 Å². The third-order valence-electron chi connectivity index (χ3n) is 4.24. The first-order valence-corrected chi connectivity index (χ1v) is 9.00. The molecule has 1 aromatic carbocycles. The fraction of sp³-hybridized carbons (Fsp3) is 0.588. The number of ether oxygens (including phenoxy) is 1. The van der Waals surface area contributed by atoms with Crippen LogP contribution < -0.4 is 10.1 Å². The Labute approximate surface area is 137 Å². The fourth-order valence-electron chi connectivity index (χ4n) is 2.65. The van der Waals surface area contributed by atoms with Crippen LogP contribution >= 0.6 is 11.8 Å². The van der Waals surface area contributed by atoms with Gasteiger partial charge in [0.1, 0.15) is 5.75 Å². The lowest BCUT2D eigenvalue weighted by Crippen LogP contribution is -2.48. The van der Waals surface area contributed by atoms with Crippen LogP contribution in [0.25, 0.3) is 0 Å². The zero-order valence-corrected chi connectivity index (χ0v) is 14.5. The fourth-order valence-corrected chi connectivity index (χ4v) is 3.75. The highest BCUT2D eigenvalue weighted by Gasteiger charge is 2.21. The van der Waals surface area contributed by atoms with Gasteiger partial charge in [0.2, 0.25) is 0 Å². The van der Waals surface area contributed by atoms with E-state index in [1.54, 1.807) is 12.0 Å². The molecule has 122 valence electrons. The topological polar surface area (TPSA) is 41.6 Å². The number of thioether (sulfide) groups is 1. The van der Waals surface area contributed by atoms with Gasteiger partial charge in [0.15, 0.2) is 0 Å². The van der Waals surface area contributed by atoms with Gasteiger partial charge in [0.05, 0.1) is 7.11 Å². The van der Waals surface area contributed by atoms with Crippen molar-refractivity contribution in [2.75, 3.05) is 25.7 Å². The van der Waals surface area contributed by atoms with E-state index in [1.807, 2.05) is 37.0 Å². The van der Waals surface area contributed by atoms with Crippen molar-refractivity contribution >= 4 is 17.8 Å². The molecule has 0 saturated carbocycles. The SMILES string of the molecule is COc1ccccc1C[C@H](C)N(C)C(=O)NC1CCSCC1. The molecule has 22 heavy (non-hydrogen) atoms. The minimum absolute atomic E-state index is 0.0271. The third-order valence-corrected chi connectivity index (χ3v) is 5.29. The normalized spacial score (nSPS) is 16.9. The number of likely N-dealkylation sites (N-methyl/N-ethyl adjacent to an activating group) is 1. The Bertz CT molecular complexity index is 489. The monoisotopic (exact) mass is 322 g/mol. The minimum atomic E-state index is 0.0271. The molecule has 0 radical (unpaired) electrons. The van der Waals surface area contributed by atoms with E-state index < -0.39 is 0 Å². The van der Waals surface area contributed by atoms with Crippen LogP contribution in [0.1, 0.15) is 25.3 Å². The summed E-state index contributed by atoms with van der Waals surface area (Å²) in [6.45, 7) is 2.07. The van der Waals surface area contributed by atoms with Gasteiger partial charge in [-0.1, -0.05) is 18.2 Å². The lowest BCUT2D eigenvalue weighted by Gasteiger charge is -2.29. The number of amides is 2. The smallest absolute Gasteiger partial charge is 0.317 e. The molecule has 0 aromatic heterocycles. The summed E-state index contributed by atoms with van der Waals surface area (Å²) in [7, 11) is 3.55. The molecule has 0 bridgehead atoms. The zero-order chi connectivity index (χ0) is 15.9. The lowest BCUT2D eigenvalue weighted by molar-refractivity contribution is 0.188. The van der Waals surface area contributed by atoms with E-state index in [0.717, 1.165) is 42.1 Å². The molecule has 1 atom stereocenters. The molecule has 5 heteroatoms. The van der Waals surface area contributed by atoms with E-state index in [9.17, 15) is 4.79 Å². The van der Waals surface area contributed by atoms with Gasteiger partial charge in [-0.2, -0.15) is 11.8 Å². The molecule has 0 aliphatic carbocycles. The predicted octanol–water partition coefficient (Wildman–Crippen LogP) is 3.16. The molecule has 0 spiro atoms. The van der Waals surface area contributed by atoms with Crippen molar-refractivity contribution in [2.45, 2.75) is 38.3 Å². The van der Waals surface area contributed by atoms with E-state index in [0.29, 0.717) is 6.04 Å². The quantitative estimate of drug-likeness (QED) is 0.905. The average molecular weight is 322 g/mol. The van der Waals surface area contributed by atoms with Crippen molar-refractivity contribution in [3.05, 3.63) is 29.8 Å². The maximum atomic E-state index is 12.4. The summed E-state index contributed by atoms with van der Waals surface area (Å²) in [6, 6.07) is 8.46. The number of methoxy groups -OCH3 is 1. The van der Waals surface area contributed by atoms with Crippen molar-refractivity contribution in [1.82, 2.24) is 10.2 Å². The van der Waals surface area contributed by atoms with Crippen LogP contribution in [0.15, 0.2) is 24.3 Å². The molecule has 2 amide bonds. The number of hydrogen-bond donors (Lipinski definition) is 1. The Balaban J connectivity index is 1.90. The Morgan fingerprint density at radius 3 is 2.77 bits per heavy atom. The van der Waals surface area contributed by atoms with E-state index in [2.05, 4.69) is 18.3 Å². The maximum Gasteiger partial charge on any atom is 0.317 e. The first-order chi connectivity index (χ1) is 10.6. The van der Waals surface area contributed by atoms with Crippen molar-refractivity contribution < 1.29 is 9.53 Å². The van der Waals surface area contributed by atoms with Gasteiger partial charge in [-0.05, 0) is 49.3 Å². The van der Waals surface area contributed by atoms with Gasteiger partial charge in [-0.25, -0.2) is 4.79 Å². The molecule has 2 rings (SSSR count). The number of carbonyl (C=O) groups is 1. The van der Waals surface area contributed by atoms with Crippen molar-refractivity contribution in [2.24, 2.45) is 0 Å². The predicted molar refractivity (Wildman–Crippen MR) is 92.8 cm³/mol. The molecule has 1 fully saturated rings. The van der Waals surface area contributed by atoms with Crippen LogP contribution in [-0.2, 0) is 6.42 Å².